The van der Waals surface area contributed by atoms with Crippen molar-refractivity contribution in [1.82, 2.24) is 4.57 Å². The van der Waals surface area contributed by atoms with Gasteiger partial charge in [-0.1, -0.05) is 6.07 Å². The molecule has 7 nitrogen and oxygen atoms in total. The molecule has 3 N–H and O–H groups in total. The van der Waals surface area contributed by atoms with Gasteiger partial charge in [0, 0.05) is 0 Å². The van der Waals surface area contributed by atoms with Gasteiger partial charge in [0.05, 0.1) is 28.9 Å². The van der Waals surface area contributed by atoms with E-state index in [4.69, 9.17) is 15.7 Å². The number of aromatic nitrogens is 1. The van der Waals surface area contributed by atoms with Gasteiger partial charge in [-0.15, -0.1) is 0 Å². The molecule has 31 heavy (non-hydrogen) atoms. The molecule has 3 heterocycles. The first-order chi connectivity index (χ1) is 14.3. The van der Waals surface area contributed by atoms with Crippen molar-refractivity contribution in [1.29, 1.82) is 0 Å². The minimum atomic E-state index is -4.80. The van der Waals surface area contributed by atoms with Crippen LogP contribution < -0.4 is 0 Å². The second-order valence-electron chi connectivity index (χ2n) is 8.41. The molecule has 0 amide bonds. The number of halogens is 3. The van der Waals surface area contributed by atoms with Gasteiger partial charge in [0.15, 0.2) is 14.7 Å². The van der Waals surface area contributed by atoms with Crippen LogP contribution >= 0.6 is 0 Å². The van der Waals surface area contributed by atoms with Crippen LogP contribution in [-0.2, 0) is 26.5 Å². The summed E-state index contributed by atoms with van der Waals surface area (Å²) >= 11 is 0. The van der Waals surface area contributed by atoms with Gasteiger partial charge >= 0.3 is 6.18 Å². The summed E-state index contributed by atoms with van der Waals surface area (Å²) in [6, 6.07) is 2.88. The molecule has 2 aromatic rings. The first-order valence-corrected chi connectivity index (χ1v) is 12.4. The van der Waals surface area contributed by atoms with E-state index >= 15 is 0 Å². The lowest BCUT2D eigenvalue weighted by Crippen LogP contribution is -2.48. The fourth-order valence-corrected chi connectivity index (χ4v) is 5.75. The maximum absolute atomic E-state index is 13.4. The van der Waals surface area contributed by atoms with E-state index in [1.807, 2.05) is 13.1 Å². The standard InChI is InChI=1S/C20H21F3N2O5Si/c1-18-12-13(19(2,30-18)15(14(18)26)29-31(4)5)17(28)25(16(12)27)9-6-7-11(24-3)10(8-9)20(21,22)23/h6-8,14-15,26-28,31H,1-2,4-5H3/t14-,15-,18?,19?/m1/s1. The van der Waals surface area contributed by atoms with Crippen LogP contribution in [0.1, 0.15) is 30.5 Å². The molecule has 4 atom stereocenters. The second-order valence-corrected chi connectivity index (χ2v) is 10.8. The third-order valence-corrected chi connectivity index (χ3v) is 6.85. The molecular formula is C20H21F3N2O5Si. The largest absolute Gasteiger partial charge is 0.494 e. The Hall–Kier alpha value is -2.52. The first kappa shape index (κ1) is 21.7. The van der Waals surface area contributed by atoms with E-state index < -0.39 is 61.6 Å². The number of aliphatic hydroxyl groups excluding tert-OH is 1. The maximum atomic E-state index is 13.4. The summed E-state index contributed by atoms with van der Waals surface area (Å²) in [7, 11) is -1.64. The Morgan fingerprint density at radius 2 is 1.74 bits per heavy atom. The fourth-order valence-electron chi connectivity index (χ4n) is 4.76. The van der Waals surface area contributed by atoms with Gasteiger partial charge in [-0.3, -0.25) is 4.57 Å². The highest BCUT2D eigenvalue weighted by Gasteiger charge is 2.70. The number of fused-ring (bicyclic) bond motifs is 5. The summed E-state index contributed by atoms with van der Waals surface area (Å²) < 4.78 is 53.2. The van der Waals surface area contributed by atoms with E-state index in [0.29, 0.717) is 6.07 Å². The van der Waals surface area contributed by atoms with Gasteiger partial charge in [-0.2, -0.15) is 13.2 Å². The molecule has 2 aliphatic rings. The van der Waals surface area contributed by atoms with Crippen LogP contribution in [0.15, 0.2) is 18.2 Å². The van der Waals surface area contributed by atoms with Crippen molar-refractivity contribution in [3.05, 3.63) is 46.3 Å². The van der Waals surface area contributed by atoms with Crippen LogP contribution in [0.4, 0.5) is 18.9 Å². The minimum absolute atomic E-state index is 0.105. The Bertz CT molecular complexity index is 1130. The number of rotatable bonds is 3. The first-order valence-electron chi connectivity index (χ1n) is 9.57. The van der Waals surface area contributed by atoms with Crippen LogP contribution in [0, 0.1) is 6.57 Å². The summed E-state index contributed by atoms with van der Waals surface area (Å²) in [4.78, 5) is 2.90. The number of hydrogen-bond donors (Lipinski definition) is 3. The van der Waals surface area contributed by atoms with Crippen molar-refractivity contribution >= 4 is 14.7 Å². The van der Waals surface area contributed by atoms with E-state index in [1.54, 1.807) is 13.8 Å². The van der Waals surface area contributed by atoms with Crippen molar-refractivity contribution in [2.24, 2.45) is 0 Å². The molecule has 1 aromatic carbocycles. The summed E-state index contributed by atoms with van der Waals surface area (Å²) in [6.45, 7) is 13.9. The number of aromatic hydroxyl groups is 2. The number of benzene rings is 1. The molecule has 1 fully saturated rings. The molecule has 4 rings (SSSR count). The maximum Gasteiger partial charge on any atom is 0.407 e. The Morgan fingerprint density at radius 1 is 1.16 bits per heavy atom. The van der Waals surface area contributed by atoms with Crippen molar-refractivity contribution in [2.45, 2.75) is 56.5 Å². The molecule has 0 radical (unpaired) electrons. The highest BCUT2D eigenvalue weighted by molar-refractivity contribution is 6.48. The van der Waals surface area contributed by atoms with Crippen molar-refractivity contribution in [2.75, 3.05) is 0 Å². The zero-order valence-electron chi connectivity index (χ0n) is 17.2. The molecule has 1 saturated heterocycles. The zero-order chi connectivity index (χ0) is 23.1. The number of alkyl halides is 3. The average Bonchev–Trinajstić information content (AvgIpc) is 3.16. The Balaban J connectivity index is 1.94. The SMILES string of the molecule is [C-]#[N+]c1ccc(-n2c(O)c3c(c2O)C2(C)OC3(C)[C@H](O)[C@H]2O[SiH](C)C)cc1C(F)(F)F. The van der Waals surface area contributed by atoms with Crippen LogP contribution in [0.2, 0.25) is 13.1 Å². The van der Waals surface area contributed by atoms with E-state index in [9.17, 15) is 28.5 Å². The van der Waals surface area contributed by atoms with Gasteiger partial charge in [-0.05, 0) is 39.1 Å². The van der Waals surface area contributed by atoms with Gasteiger partial charge in [-0.25, -0.2) is 4.85 Å². The summed E-state index contributed by atoms with van der Waals surface area (Å²) in [5.74, 6) is -1.05. The van der Waals surface area contributed by atoms with E-state index in [1.165, 1.54) is 6.07 Å². The molecule has 0 saturated carbocycles. The third kappa shape index (κ3) is 2.75. The van der Waals surface area contributed by atoms with Crippen molar-refractivity contribution in [3.8, 4) is 17.4 Å². The predicted molar refractivity (Wildman–Crippen MR) is 106 cm³/mol. The summed E-state index contributed by atoms with van der Waals surface area (Å²) in [5, 5.41) is 32.8. The normalized spacial score (nSPS) is 29.4. The van der Waals surface area contributed by atoms with Crippen molar-refractivity contribution in [3.63, 3.8) is 0 Å². The lowest BCUT2D eigenvalue weighted by molar-refractivity contribution is -0.136. The van der Waals surface area contributed by atoms with Crippen LogP contribution in [0.25, 0.3) is 10.5 Å². The number of aliphatic hydroxyl groups is 1. The average molecular weight is 454 g/mol. The van der Waals surface area contributed by atoms with Gasteiger partial charge in [0.1, 0.15) is 23.4 Å². The van der Waals surface area contributed by atoms with Gasteiger partial charge in [0.2, 0.25) is 11.8 Å². The van der Waals surface area contributed by atoms with E-state index in [2.05, 4.69) is 4.85 Å². The second kappa shape index (κ2) is 6.49. The lowest BCUT2D eigenvalue weighted by Gasteiger charge is -2.34. The van der Waals surface area contributed by atoms with E-state index in [0.717, 1.165) is 10.6 Å². The summed E-state index contributed by atoms with van der Waals surface area (Å²) in [6.07, 6.45) is -6.77. The molecule has 0 aliphatic carbocycles. The minimum Gasteiger partial charge on any atom is -0.494 e. The highest BCUT2D eigenvalue weighted by atomic mass is 28.3. The third-order valence-electron chi connectivity index (χ3n) is 6.01. The lowest BCUT2D eigenvalue weighted by atomic mass is 9.76. The predicted octanol–water partition coefficient (Wildman–Crippen LogP) is 3.66. The molecule has 166 valence electrons. The van der Waals surface area contributed by atoms with Crippen LogP contribution in [0.3, 0.4) is 0 Å². The smallest absolute Gasteiger partial charge is 0.407 e. The molecule has 1 aromatic heterocycles. The van der Waals surface area contributed by atoms with Gasteiger partial charge in [0.25, 0.3) is 0 Å². The topological polar surface area (TPSA) is 88.4 Å². The molecule has 2 bridgehead atoms. The zero-order valence-corrected chi connectivity index (χ0v) is 18.3. The Labute approximate surface area is 177 Å². The van der Waals surface area contributed by atoms with Gasteiger partial charge < -0.3 is 24.5 Å². The number of hydrogen-bond acceptors (Lipinski definition) is 5. The number of nitrogens with zero attached hydrogens (tertiary/aromatic N) is 2. The molecule has 2 aliphatic heterocycles. The summed E-state index contributed by atoms with van der Waals surface area (Å²) in [5.41, 5.74) is -4.42. The van der Waals surface area contributed by atoms with Crippen LogP contribution in [-0.4, -0.2) is 41.1 Å². The number of ether oxygens (including phenoxy) is 1. The molecule has 0 spiro atoms. The molecule has 11 heteroatoms. The highest BCUT2D eigenvalue weighted by Crippen LogP contribution is 2.65. The Kier molecular flexibility index (Phi) is 4.54. The van der Waals surface area contributed by atoms with Crippen molar-refractivity contribution < 1.29 is 37.7 Å². The molecule has 2 unspecified atom stereocenters. The monoisotopic (exact) mass is 454 g/mol. The van der Waals surface area contributed by atoms with E-state index in [-0.39, 0.29) is 16.8 Å². The van der Waals surface area contributed by atoms with Crippen LogP contribution in [0.5, 0.6) is 11.8 Å². The molecular weight excluding hydrogens is 433 g/mol. The fraction of sp³-hybridized carbons (Fsp3) is 0.450. The quantitative estimate of drug-likeness (QED) is 0.487. The Morgan fingerprint density at radius 3 is 2.26 bits per heavy atom.